The van der Waals surface area contributed by atoms with Crippen LogP contribution in [0.1, 0.15) is 13.8 Å². The molecule has 0 aliphatic carbocycles. The van der Waals surface area contributed by atoms with Crippen LogP contribution in [0, 0.1) is 0 Å². The number of hydrogen-bond acceptors (Lipinski definition) is 1. The van der Waals surface area contributed by atoms with Gasteiger partial charge in [0.2, 0.25) is 0 Å². The Morgan fingerprint density at radius 3 is 2.08 bits per heavy atom. The van der Waals surface area contributed by atoms with Crippen LogP contribution >= 0.6 is 15.9 Å². The topological polar surface area (TPSA) is 12.0 Å². The molecule has 1 nitrogen and oxygen atoms in total. The zero-order chi connectivity index (χ0) is 9.98. The molecule has 1 N–H and O–H groups in total. The van der Waals surface area contributed by atoms with E-state index < -0.39 is 0 Å². The Hall–Kier alpha value is -0.340. The molecule has 0 aromatic carbocycles. The van der Waals surface area contributed by atoms with Crippen molar-refractivity contribution in [3.8, 4) is 0 Å². The smallest absolute Gasteiger partial charge is 0.0214 e. The second kappa shape index (κ2) is 10.7. The third kappa shape index (κ3) is 6.38. The van der Waals surface area contributed by atoms with Gasteiger partial charge in [-0.3, -0.25) is 0 Å². The molecule has 0 aliphatic rings. The molecule has 0 amide bonds. The fraction of sp³-hybridized carbons (Fsp3) is 0.400. The Labute approximate surface area is 84.4 Å². The second-order valence-electron chi connectivity index (χ2n) is 1.81. The third-order valence-electron chi connectivity index (χ3n) is 1.10. The van der Waals surface area contributed by atoms with Crippen LogP contribution in [-0.2, 0) is 0 Å². The van der Waals surface area contributed by atoms with E-state index in [0.717, 1.165) is 16.6 Å². The van der Waals surface area contributed by atoms with Crippen molar-refractivity contribution < 1.29 is 0 Å². The fourth-order valence-corrected chi connectivity index (χ4v) is 0.878. The average Bonchev–Trinajstić information content (AvgIpc) is 2.16. The summed E-state index contributed by atoms with van der Waals surface area (Å²) in [4.78, 5) is 0. The van der Waals surface area contributed by atoms with Crippen LogP contribution in [0.15, 0.2) is 35.4 Å². The number of rotatable bonds is 4. The van der Waals surface area contributed by atoms with Gasteiger partial charge in [0, 0.05) is 11.0 Å². The summed E-state index contributed by atoms with van der Waals surface area (Å²) in [5.74, 6) is 0. The standard InChI is InChI=1S/C8H12BrN.C2H6/c1-4-7(6-10-3)8(9)5-2;1-2/h4-5,10H,1-2,6H2,3H3;1-2H3/b8-7-;. The van der Waals surface area contributed by atoms with Crippen molar-refractivity contribution in [2.45, 2.75) is 13.8 Å². The average molecular weight is 232 g/mol. The lowest BCUT2D eigenvalue weighted by molar-refractivity contribution is 0.895. The van der Waals surface area contributed by atoms with Gasteiger partial charge in [-0.05, 0) is 12.6 Å². The van der Waals surface area contributed by atoms with Gasteiger partial charge in [0.05, 0.1) is 0 Å². The summed E-state index contributed by atoms with van der Waals surface area (Å²) in [5.41, 5.74) is 1.12. The molecule has 0 saturated carbocycles. The van der Waals surface area contributed by atoms with Gasteiger partial charge < -0.3 is 5.32 Å². The highest BCUT2D eigenvalue weighted by atomic mass is 79.9. The van der Waals surface area contributed by atoms with E-state index in [-0.39, 0.29) is 0 Å². The molecule has 2 heteroatoms. The highest BCUT2D eigenvalue weighted by Crippen LogP contribution is 2.12. The fourth-order valence-electron chi connectivity index (χ4n) is 0.576. The first-order valence-corrected chi connectivity index (χ1v) is 4.83. The van der Waals surface area contributed by atoms with E-state index in [2.05, 4.69) is 34.4 Å². The van der Waals surface area contributed by atoms with Crippen molar-refractivity contribution in [1.29, 1.82) is 0 Å². The molecule has 0 heterocycles. The summed E-state index contributed by atoms with van der Waals surface area (Å²) in [7, 11) is 1.90. The molecule has 0 unspecified atom stereocenters. The first kappa shape index (κ1) is 14.2. The maximum atomic E-state index is 3.67. The summed E-state index contributed by atoms with van der Waals surface area (Å²) < 4.78 is 0.997. The number of allylic oxidation sites excluding steroid dienone is 2. The maximum absolute atomic E-state index is 3.67. The highest BCUT2D eigenvalue weighted by Gasteiger charge is 1.93. The minimum Gasteiger partial charge on any atom is -0.316 e. The van der Waals surface area contributed by atoms with Crippen molar-refractivity contribution in [3.63, 3.8) is 0 Å². The Morgan fingerprint density at radius 2 is 1.83 bits per heavy atom. The normalized spacial score (nSPS) is 10.7. The van der Waals surface area contributed by atoms with Crippen LogP contribution in [0.3, 0.4) is 0 Å². The first-order valence-electron chi connectivity index (χ1n) is 4.04. The molecule has 0 aliphatic heterocycles. The molecule has 0 bridgehead atoms. The van der Waals surface area contributed by atoms with Gasteiger partial charge in [-0.1, -0.05) is 55.1 Å². The van der Waals surface area contributed by atoms with Crippen LogP contribution in [0.4, 0.5) is 0 Å². The Morgan fingerprint density at radius 1 is 1.33 bits per heavy atom. The lowest BCUT2D eigenvalue weighted by Crippen LogP contribution is -2.09. The van der Waals surface area contributed by atoms with Crippen molar-refractivity contribution >= 4 is 15.9 Å². The first-order chi connectivity index (χ1) is 5.76. The second-order valence-corrected chi connectivity index (χ2v) is 2.67. The molecule has 12 heavy (non-hydrogen) atoms. The Balaban J connectivity index is 0. The summed E-state index contributed by atoms with van der Waals surface area (Å²) in [5, 5.41) is 3.03. The number of likely N-dealkylation sites (N-methyl/N-ethyl adjacent to an activating group) is 1. The van der Waals surface area contributed by atoms with Crippen molar-refractivity contribution in [1.82, 2.24) is 5.32 Å². The maximum Gasteiger partial charge on any atom is 0.0214 e. The summed E-state index contributed by atoms with van der Waals surface area (Å²) in [6.07, 6.45) is 3.57. The Kier molecular flexibility index (Phi) is 12.6. The minimum absolute atomic E-state index is 0.816. The van der Waals surface area contributed by atoms with E-state index in [1.54, 1.807) is 6.08 Å². The molecule has 0 atom stereocenters. The van der Waals surface area contributed by atoms with E-state index in [4.69, 9.17) is 0 Å². The molecule has 0 aromatic rings. The number of hydrogen-bond donors (Lipinski definition) is 1. The zero-order valence-electron chi connectivity index (χ0n) is 8.15. The molecule has 0 saturated heterocycles. The molecular weight excluding hydrogens is 214 g/mol. The minimum atomic E-state index is 0.816. The van der Waals surface area contributed by atoms with Crippen LogP contribution in [0.5, 0.6) is 0 Å². The van der Waals surface area contributed by atoms with Gasteiger partial charge in [0.15, 0.2) is 0 Å². The zero-order valence-corrected chi connectivity index (χ0v) is 9.74. The van der Waals surface area contributed by atoms with E-state index in [1.807, 2.05) is 27.0 Å². The SMILES string of the molecule is C=C/C(Br)=C(\C=C)CNC.CC. The van der Waals surface area contributed by atoms with Gasteiger partial charge in [-0.15, -0.1) is 0 Å². The van der Waals surface area contributed by atoms with Gasteiger partial charge in [0.1, 0.15) is 0 Å². The molecule has 0 aromatic heterocycles. The van der Waals surface area contributed by atoms with Crippen LogP contribution in [0.25, 0.3) is 0 Å². The molecule has 0 rings (SSSR count). The monoisotopic (exact) mass is 231 g/mol. The lowest BCUT2D eigenvalue weighted by atomic mass is 10.2. The molecule has 0 radical (unpaired) electrons. The summed E-state index contributed by atoms with van der Waals surface area (Å²) in [6, 6.07) is 0. The molecule has 0 fully saturated rings. The summed E-state index contributed by atoms with van der Waals surface area (Å²) >= 11 is 3.35. The van der Waals surface area contributed by atoms with Gasteiger partial charge >= 0.3 is 0 Å². The molecule has 70 valence electrons. The van der Waals surface area contributed by atoms with Crippen LogP contribution in [-0.4, -0.2) is 13.6 Å². The van der Waals surface area contributed by atoms with E-state index in [9.17, 15) is 0 Å². The lowest BCUT2D eigenvalue weighted by Gasteiger charge is -2.00. The van der Waals surface area contributed by atoms with Crippen molar-refractivity contribution in [3.05, 3.63) is 35.4 Å². The van der Waals surface area contributed by atoms with Crippen LogP contribution in [0.2, 0.25) is 0 Å². The number of halogens is 1. The summed E-state index contributed by atoms with van der Waals surface area (Å²) in [6.45, 7) is 12.1. The predicted octanol–water partition coefficient (Wildman–Crippen LogP) is 3.25. The Bertz CT molecular complexity index is 159. The molecular formula is C10H18BrN. The highest BCUT2D eigenvalue weighted by molar-refractivity contribution is 9.11. The van der Waals surface area contributed by atoms with Crippen molar-refractivity contribution in [2.24, 2.45) is 0 Å². The van der Waals surface area contributed by atoms with E-state index >= 15 is 0 Å². The molecule has 0 spiro atoms. The van der Waals surface area contributed by atoms with Gasteiger partial charge in [-0.25, -0.2) is 0 Å². The van der Waals surface area contributed by atoms with Crippen molar-refractivity contribution in [2.75, 3.05) is 13.6 Å². The van der Waals surface area contributed by atoms with Gasteiger partial charge in [0.25, 0.3) is 0 Å². The van der Waals surface area contributed by atoms with Crippen LogP contribution < -0.4 is 5.32 Å². The van der Waals surface area contributed by atoms with E-state index in [1.165, 1.54) is 0 Å². The number of nitrogens with one attached hydrogen (secondary N) is 1. The predicted molar refractivity (Wildman–Crippen MR) is 61.6 cm³/mol. The quantitative estimate of drug-likeness (QED) is 0.733. The van der Waals surface area contributed by atoms with Gasteiger partial charge in [-0.2, -0.15) is 0 Å². The van der Waals surface area contributed by atoms with E-state index in [0.29, 0.717) is 0 Å². The largest absolute Gasteiger partial charge is 0.316 e. The third-order valence-corrected chi connectivity index (χ3v) is 1.93.